The van der Waals surface area contributed by atoms with Gasteiger partial charge in [0, 0.05) is 45.3 Å². The van der Waals surface area contributed by atoms with Crippen molar-refractivity contribution < 1.29 is 9.47 Å². The van der Waals surface area contributed by atoms with Gasteiger partial charge in [0.1, 0.15) is 23.9 Å². The molecule has 30 heavy (non-hydrogen) atoms. The minimum atomic E-state index is 0.344. The molecule has 1 aromatic carbocycles. The molecule has 9 heteroatoms. The van der Waals surface area contributed by atoms with E-state index in [2.05, 4.69) is 44.8 Å². The van der Waals surface area contributed by atoms with Crippen molar-refractivity contribution in [1.29, 1.82) is 0 Å². The third-order valence-electron chi connectivity index (χ3n) is 5.34. The number of aliphatic imine (C=N–C) groups is 1. The van der Waals surface area contributed by atoms with Gasteiger partial charge in [0.2, 0.25) is 0 Å². The summed E-state index contributed by atoms with van der Waals surface area (Å²) in [6.45, 7) is 8.15. The van der Waals surface area contributed by atoms with Gasteiger partial charge in [-0.05, 0) is 38.0 Å². The van der Waals surface area contributed by atoms with Crippen molar-refractivity contribution in [2.75, 3.05) is 33.9 Å². The molecule has 9 nitrogen and oxygen atoms in total. The van der Waals surface area contributed by atoms with Crippen molar-refractivity contribution in [1.82, 2.24) is 30.3 Å². The Morgan fingerprint density at radius 3 is 2.53 bits per heavy atom. The van der Waals surface area contributed by atoms with Crippen molar-refractivity contribution in [3.05, 3.63) is 35.4 Å². The average Bonchev–Trinajstić information content (AvgIpc) is 3.32. The second kappa shape index (κ2) is 10.3. The molecule has 0 aliphatic carbocycles. The van der Waals surface area contributed by atoms with Gasteiger partial charge >= 0.3 is 0 Å². The van der Waals surface area contributed by atoms with E-state index in [1.807, 2.05) is 24.6 Å². The predicted molar refractivity (Wildman–Crippen MR) is 117 cm³/mol. The third kappa shape index (κ3) is 5.63. The monoisotopic (exact) mass is 415 g/mol. The van der Waals surface area contributed by atoms with E-state index in [1.165, 1.54) is 5.56 Å². The largest absolute Gasteiger partial charge is 0.497 e. The number of aryl methyl sites for hydroxylation is 1. The van der Waals surface area contributed by atoms with Crippen LogP contribution in [0.25, 0.3) is 0 Å². The molecule has 1 aromatic heterocycles. The second-order valence-electron chi connectivity index (χ2n) is 7.50. The maximum Gasteiger partial charge on any atom is 0.191 e. The lowest BCUT2D eigenvalue weighted by Crippen LogP contribution is -2.44. The number of likely N-dealkylation sites (tertiary alicyclic amines) is 1. The fourth-order valence-corrected chi connectivity index (χ4v) is 3.56. The van der Waals surface area contributed by atoms with E-state index < -0.39 is 0 Å². The van der Waals surface area contributed by atoms with Gasteiger partial charge in [0.05, 0.1) is 14.2 Å². The van der Waals surface area contributed by atoms with Gasteiger partial charge in [0.15, 0.2) is 11.8 Å². The van der Waals surface area contributed by atoms with Crippen LogP contribution in [0.1, 0.15) is 30.6 Å². The molecule has 1 fully saturated rings. The Morgan fingerprint density at radius 1 is 1.20 bits per heavy atom. The summed E-state index contributed by atoms with van der Waals surface area (Å²) in [6.07, 6.45) is 1.06. The normalized spacial score (nSPS) is 17.2. The molecule has 2 N–H and O–H groups in total. The number of methoxy groups -OCH3 is 2. The van der Waals surface area contributed by atoms with E-state index in [-0.39, 0.29) is 0 Å². The number of hydrogen-bond acceptors (Lipinski definition) is 6. The van der Waals surface area contributed by atoms with Gasteiger partial charge in [0.25, 0.3) is 0 Å². The lowest BCUT2D eigenvalue weighted by Gasteiger charge is -2.19. The molecule has 164 valence electrons. The molecular formula is C21H33N7O2. The van der Waals surface area contributed by atoms with Crippen molar-refractivity contribution in [3.63, 3.8) is 0 Å². The Balaban J connectivity index is 1.58. The molecule has 1 unspecified atom stereocenters. The van der Waals surface area contributed by atoms with Gasteiger partial charge in [-0.2, -0.15) is 0 Å². The van der Waals surface area contributed by atoms with Crippen LogP contribution in [0.5, 0.6) is 11.5 Å². The van der Waals surface area contributed by atoms with Crippen LogP contribution in [0.4, 0.5) is 0 Å². The highest BCUT2D eigenvalue weighted by molar-refractivity contribution is 5.80. The standard InChI is InChI=1S/C21H33N7O2/c1-6-22-21(23-12-20-26-25-15(2)27(20)3)24-17-7-8-28(14-17)13-16-9-18(29-4)11-19(10-16)30-5/h9-11,17H,6-8,12-14H2,1-5H3,(H2,22,23,24). The number of rotatable bonds is 8. The fraction of sp³-hybridized carbons (Fsp3) is 0.571. The minimum absolute atomic E-state index is 0.344. The van der Waals surface area contributed by atoms with E-state index in [9.17, 15) is 0 Å². The Morgan fingerprint density at radius 2 is 1.93 bits per heavy atom. The summed E-state index contributed by atoms with van der Waals surface area (Å²) >= 11 is 0. The molecule has 3 rings (SSSR count). The van der Waals surface area contributed by atoms with Gasteiger partial charge < -0.3 is 24.7 Å². The van der Waals surface area contributed by atoms with Gasteiger partial charge in [-0.25, -0.2) is 4.99 Å². The highest BCUT2D eigenvalue weighted by Crippen LogP contribution is 2.24. The molecule has 0 spiro atoms. The molecular weight excluding hydrogens is 382 g/mol. The summed E-state index contributed by atoms with van der Waals surface area (Å²) in [5.74, 6) is 4.19. The molecule has 0 bridgehead atoms. The fourth-order valence-electron chi connectivity index (χ4n) is 3.56. The Hall–Kier alpha value is -2.81. The quantitative estimate of drug-likeness (QED) is 0.499. The maximum absolute atomic E-state index is 5.39. The number of nitrogens with one attached hydrogen (secondary N) is 2. The van der Waals surface area contributed by atoms with Crippen LogP contribution in [0.15, 0.2) is 23.2 Å². The van der Waals surface area contributed by atoms with Crippen LogP contribution < -0.4 is 20.1 Å². The topological polar surface area (TPSA) is 88.8 Å². The number of nitrogens with zero attached hydrogens (tertiary/aromatic N) is 5. The van der Waals surface area contributed by atoms with Crippen LogP contribution in [0.3, 0.4) is 0 Å². The van der Waals surface area contributed by atoms with E-state index in [1.54, 1.807) is 14.2 Å². The molecule has 2 aromatic rings. The van der Waals surface area contributed by atoms with E-state index in [4.69, 9.17) is 14.5 Å². The zero-order valence-corrected chi connectivity index (χ0v) is 18.6. The molecule has 0 saturated carbocycles. The van der Waals surface area contributed by atoms with Crippen molar-refractivity contribution in [2.45, 2.75) is 39.4 Å². The Kier molecular flexibility index (Phi) is 7.51. The maximum atomic E-state index is 5.39. The zero-order valence-electron chi connectivity index (χ0n) is 18.6. The number of hydrogen-bond donors (Lipinski definition) is 2. The first-order valence-electron chi connectivity index (χ1n) is 10.4. The van der Waals surface area contributed by atoms with Crippen molar-refractivity contribution in [3.8, 4) is 11.5 Å². The van der Waals surface area contributed by atoms with E-state index >= 15 is 0 Å². The van der Waals surface area contributed by atoms with Gasteiger partial charge in [-0.3, -0.25) is 4.90 Å². The average molecular weight is 416 g/mol. The van der Waals surface area contributed by atoms with E-state index in [0.29, 0.717) is 12.6 Å². The number of guanidine groups is 1. The second-order valence-corrected chi connectivity index (χ2v) is 7.50. The minimum Gasteiger partial charge on any atom is -0.497 e. The first-order valence-corrected chi connectivity index (χ1v) is 10.4. The molecule has 1 aliphatic heterocycles. The first-order chi connectivity index (χ1) is 14.5. The number of ether oxygens (including phenoxy) is 2. The Labute approximate surface area is 178 Å². The summed E-state index contributed by atoms with van der Waals surface area (Å²) in [4.78, 5) is 7.13. The number of aromatic nitrogens is 3. The summed E-state index contributed by atoms with van der Waals surface area (Å²) in [5, 5.41) is 15.2. The molecule has 1 saturated heterocycles. The third-order valence-corrected chi connectivity index (χ3v) is 5.34. The lowest BCUT2D eigenvalue weighted by molar-refractivity contribution is 0.321. The van der Waals surface area contributed by atoms with Crippen LogP contribution >= 0.6 is 0 Å². The predicted octanol–water partition coefficient (Wildman–Crippen LogP) is 1.47. The van der Waals surface area contributed by atoms with Gasteiger partial charge in [-0.15, -0.1) is 10.2 Å². The Bertz CT molecular complexity index is 843. The van der Waals surface area contributed by atoms with E-state index in [0.717, 1.165) is 61.7 Å². The molecule has 1 aliphatic rings. The number of benzene rings is 1. The van der Waals surface area contributed by atoms with Crippen molar-refractivity contribution in [2.24, 2.45) is 12.0 Å². The zero-order chi connectivity index (χ0) is 21.5. The summed E-state index contributed by atoms with van der Waals surface area (Å²) in [7, 11) is 5.32. The molecule has 1 atom stereocenters. The molecule has 2 heterocycles. The van der Waals surface area contributed by atoms with Crippen molar-refractivity contribution >= 4 is 5.96 Å². The summed E-state index contributed by atoms with van der Waals surface area (Å²) in [5.41, 5.74) is 1.19. The summed E-state index contributed by atoms with van der Waals surface area (Å²) < 4.78 is 12.7. The first kappa shape index (κ1) is 21.9. The lowest BCUT2D eigenvalue weighted by atomic mass is 10.2. The summed E-state index contributed by atoms with van der Waals surface area (Å²) in [6, 6.07) is 6.38. The van der Waals surface area contributed by atoms with Crippen LogP contribution in [-0.2, 0) is 20.1 Å². The van der Waals surface area contributed by atoms with Crippen LogP contribution in [0.2, 0.25) is 0 Å². The van der Waals surface area contributed by atoms with Gasteiger partial charge in [-0.1, -0.05) is 0 Å². The van der Waals surface area contributed by atoms with Crippen LogP contribution in [-0.4, -0.2) is 65.5 Å². The molecule has 0 radical (unpaired) electrons. The SMILES string of the molecule is CCNC(=NCc1nnc(C)n1C)NC1CCN(Cc2cc(OC)cc(OC)c2)C1. The smallest absolute Gasteiger partial charge is 0.191 e. The highest BCUT2D eigenvalue weighted by Gasteiger charge is 2.23. The van der Waals surface area contributed by atoms with Crippen LogP contribution in [0, 0.1) is 6.92 Å². The highest BCUT2D eigenvalue weighted by atomic mass is 16.5. The molecule has 0 amide bonds.